The zero-order chi connectivity index (χ0) is 18.1. The molecule has 0 saturated carbocycles. The molecule has 0 aliphatic carbocycles. The van der Waals surface area contributed by atoms with Crippen LogP contribution in [0.1, 0.15) is 13.8 Å². The maximum Gasteiger partial charge on any atom is 0.260 e. The number of rotatable bonds is 7. The van der Waals surface area contributed by atoms with Crippen molar-refractivity contribution in [1.29, 1.82) is 0 Å². The molecular formula is C18H38AlNSi3. The van der Waals surface area contributed by atoms with Gasteiger partial charge in [0.25, 0.3) is 14.1 Å². The van der Waals surface area contributed by atoms with Crippen LogP contribution in [-0.4, -0.2) is 43.4 Å². The van der Waals surface area contributed by atoms with Crippen LogP contribution in [0.4, 0.5) is 0 Å². The molecule has 0 radical (unpaired) electrons. The van der Waals surface area contributed by atoms with Crippen molar-refractivity contribution in [2.45, 2.75) is 79.9 Å². The molecule has 0 bridgehead atoms. The molecule has 1 rings (SSSR count). The van der Waals surface area contributed by atoms with Gasteiger partial charge in [-0.25, -0.2) is 0 Å². The van der Waals surface area contributed by atoms with Crippen LogP contribution in [0.3, 0.4) is 0 Å². The molecule has 1 heterocycles. The number of pyridine rings is 1. The summed E-state index contributed by atoms with van der Waals surface area (Å²) in [5.41, 5.74) is 0. The fourth-order valence-corrected chi connectivity index (χ4v) is 52.5. The summed E-state index contributed by atoms with van der Waals surface area (Å²) in [5, 5.41) is 4.37. The Balaban J connectivity index is 3.82. The highest BCUT2D eigenvalue weighted by molar-refractivity contribution is 7.28. The van der Waals surface area contributed by atoms with E-state index in [0.717, 1.165) is 0 Å². The van der Waals surface area contributed by atoms with E-state index in [4.69, 9.17) is 4.98 Å². The van der Waals surface area contributed by atoms with Gasteiger partial charge in [0.1, 0.15) is 0 Å². The van der Waals surface area contributed by atoms with E-state index in [2.05, 4.69) is 84.4 Å². The number of aromatic nitrogens is 1. The summed E-state index contributed by atoms with van der Waals surface area (Å²) in [6.07, 6.45) is 2.03. The standard InChI is InChI=1S/C14H28NSi3.2C2H5.Al/c1-16(2,3)14(17(4,5)6)18(7,8)13-11-9-10-12-15-13;2*1-2;/h9-12H,1-8H3;2*1H2,2H3;. The van der Waals surface area contributed by atoms with Gasteiger partial charge < -0.3 is 0 Å². The Hall–Kier alpha value is 0.333. The third-order valence-electron chi connectivity index (χ3n) is 6.26. The summed E-state index contributed by atoms with van der Waals surface area (Å²) in [4.78, 5) is 4.92. The van der Waals surface area contributed by atoms with Crippen LogP contribution in [0.25, 0.3) is 0 Å². The fraction of sp³-hybridized carbons (Fsp3) is 0.722. The van der Waals surface area contributed by atoms with Crippen LogP contribution in [-0.2, 0) is 0 Å². The van der Waals surface area contributed by atoms with Gasteiger partial charge in [0.05, 0.1) is 8.07 Å². The van der Waals surface area contributed by atoms with Gasteiger partial charge in [0, 0.05) is 27.7 Å². The van der Waals surface area contributed by atoms with E-state index in [1.807, 2.05) is 6.20 Å². The van der Waals surface area contributed by atoms with E-state index >= 15 is 0 Å². The van der Waals surface area contributed by atoms with Gasteiger partial charge in [-0.2, -0.15) is 0 Å². The van der Waals surface area contributed by atoms with Crippen molar-refractivity contribution < 1.29 is 0 Å². The third-order valence-corrected chi connectivity index (χ3v) is 41.5. The summed E-state index contributed by atoms with van der Waals surface area (Å²) < 4.78 is 0.685. The fourth-order valence-electron chi connectivity index (χ4n) is 6.57. The molecule has 0 N–H and O–H groups in total. The monoisotopic (exact) mass is 379 g/mol. The maximum atomic E-state index is 4.92. The normalized spacial score (nSPS) is 14.0. The zero-order valence-corrected chi connectivity index (χ0v) is 21.4. The Kier molecular flexibility index (Phi) is 6.78. The summed E-state index contributed by atoms with van der Waals surface area (Å²) in [6.45, 7) is 26.3. The minimum Gasteiger partial charge on any atom is -0.266 e. The Morgan fingerprint density at radius 3 is 1.65 bits per heavy atom. The van der Waals surface area contributed by atoms with E-state index in [1.165, 1.54) is 15.9 Å². The van der Waals surface area contributed by atoms with Crippen LogP contribution in [0.5, 0.6) is 0 Å². The molecule has 1 aromatic rings. The van der Waals surface area contributed by atoms with Crippen LogP contribution >= 0.6 is 0 Å². The molecule has 0 amide bonds. The first-order valence-electron chi connectivity index (χ1n) is 9.29. The predicted octanol–water partition coefficient (Wildman–Crippen LogP) is 5.57. The minimum absolute atomic E-state index is 0.685. The lowest BCUT2D eigenvalue weighted by Crippen LogP contribution is -2.76. The molecule has 0 saturated heterocycles. The average molecular weight is 380 g/mol. The van der Waals surface area contributed by atoms with Gasteiger partial charge in [0.15, 0.2) is 0 Å². The molecule has 0 atom stereocenters. The first-order valence-corrected chi connectivity index (χ1v) is 21.5. The molecule has 0 unspecified atom stereocenters. The molecule has 0 spiro atoms. The molecule has 130 valence electrons. The lowest BCUT2D eigenvalue weighted by molar-refractivity contribution is 1.13. The highest BCUT2D eigenvalue weighted by Gasteiger charge is 2.66. The van der Waals surface area contributed by atoms with Crippen LogP contribution in [0.2, 0.25) is 66.1 Å². The molecule has 0 aromatic carbocycles. The Morgan fingerprint density at radius 2 is 1.35 bits per heavy atom. The summed E-state index contributed by atoms with van der Waals surface area (Å²) in [7, 11) is -4.36. The largest absolute Gasteiger partial charge is 0.266 e. The summed E-state index contributed by atoms with van der Waals surface area (Å²) >= 11 is -0.843. The third kappa shape index (κ3) is 3.50. The van der Waals surface area contributed by atoms with E-state index in [-0.39, 0.29) is 0 Å². The van der Waals surface area contributed by atoms with Gasteiger partial charge in [-0.1, -0.05) is 86.0 Å². The van der Waals surface area contributed by atoms with Crippen molar-refractivity contribution >= 4 is 43.7 Å². The van der Waals surface area contributed by atoms with Crippen molar-refractivity contribution in [3.8, 4) is 0 Å². The van der Waals surface area contributed by atoms with E-state index in [1.54, 1.807) is 0 Å². The second kappa shape index (κ2) is 7.29. The summed E-state index contributed by atoms with van der Waals surface area (Å²) in [5.74, 6) is 0. The topological polar surface area (TPSA) is 12.9 Å². The van der Waals surface area contributed by atoms with E-state index in [0.29, 0.717) is 3.15 Å². The molecule has 5 heteroatoms. The first kappa shape index (κ1) is 21.4. The van der Waals surface area contributed by atoms with Crippen LogP contribution in [0.15, 0.2) is 24.4 Å². The van der Waals surface area contributed by atoms with Crippen molar-refractivity contribution in [1.82, 2.24) is 4.98 Å². The van der Waals surface area contributed by atoms with E-state index in [9.17, 15) is 0 Å². The van der Waals surface area contributed by atoms with Gasteiger partial charge in [-0.15, -0.1) is 0 Å². The molecular weight excluding hydrogens is 341 g/mol. The molecule has 0 aliphatic heterocycles. The van der Waals surface area contributed by atoms with Gasteiger partial charge >= 0.3 is 0 Å². The van der Waals surface area contributed by atoms with Gasteiger partial charge in [0.2, 0.25) is 0 Å². The molecule has 0 aliphatic rings. The Morgan fingerprint density at radius 1 is 0.870 bits per heavy atom. The first-order chi connectivity index (χ1) is 10.4. The van der Waals surface area contributed by atoms with Gasteiger partial charge in [-0.3, -0.25) is 4.98 Å². The molecule has 1 nitrogen and oxygen atoms in total. The molecule has 1 aromatic heterocycles. The van der Waals surface area contributed by atoms with Crippen molar-refractivity contribution in [3.05, 3.63) is 24.4 Å². The van der Waals surface area contributed by atoms with Crippen LogP contribution in [0, 0.1) is 0 Å². The lowest BCUT2D eigenvalue weighted by Gasteiger charge is -2.63. The van der Waals surface area contributed by atoms with Crippen molar-refractivity contribution in [2.24, 2.45) is 0 Å². The highest BCUT2D eigenvalue weighted by Crippen LogP contribution is 2.56. The highest BCUT2D eigenvalue weighted by atomic mass is 28.5. The minimum atomic E-state index is -1.66. The molecule has 0 fully saturated rings. The quantitative estimate of drug-likeness (QED) is 0.565. The van der Waals surface area contributed by atoms with Gasteiger partial charge in [-0.05, 0) is 12.1 Å². The average Bonchev–Trinajstić information content (AvgIpc) is 2.42. The summed E-state index contributed by atoms with van der Waals surface area (Å²) in [6, 6.07) is 6.63. The maximum absolute atomic E-state index is 4.92. The van der Waals surface area contributed by atoms with E-state index < -0.39 is 38.4 Å². The SMILES string of the molecule is C[CH2][Al]([CH2]C)[C]([Si](C)(C)C)([Si](C)(C)C)[Si](C)(C)c1ccccn1. The zero-order valence-electron chi connectivity index (χ0n) is 17.2. The Labute approximate surface area is 152 Å². The van der Waals surface area contributed by atoms with Crippen molar-refractivity contribution in [2.75, 3.05) is 0 Å². The predicted molar refractivity (Wildman–Crippen MR) is 117 cm³/mol. The van der Waals surface area contributed by atoms with Crippen molar-refractivity contribution in [3.63, 3.8) is 0 Å². The Bertz CT molecular complexity index is 485. The smallest absolute Gasteiger partial charge is 0.260 e. The second-order valence-corrected chi connectivity index (χ2v) is 31.9. The molecule has 23 heavy (non-hydrogen) atoms. The number of hydrogen-bond acceptors (Lipinski definition) is 1. The lowest BCUT2D eigenvalue weighted by atomic mass is 10.5. The second-order valence-electron chi connectivity index (χ2n) is 9.66. The number of hydrogen-bond donors (Lipinski definition) is 0. The number of nitrogens with zero attached hydrogens (tertiary/aromatic N) is 1. The van der Waals surface area contributed by atoms with Crippen LogP contribution < -0.4 is 5.32 Å².